The van der Waals surface area contributed by atoms with Gasteiger partial charge in [0, 0.05) is 6.07 Å². The average molecular weight is 269 g/mol. The van der Waals surface area contributed by atoms with E-state index < -0.39 is 0 Å². The van der Waals surface area contributed by atoms with Crippen LogP contribution in [0.25, 0.3) is 11.3 Å². The number of aromatic nitrogens is 1. The van der Waals surface area contributed by atoms with Gasteiger partial charge < -0.3 is 20.1 Å². The van der Waals surface area contributed by atoms with Gasteiger partial charge in [0.25, 0.3) is 0 Å². The lowest BCUT2D eigenvalue weighted by Gasteiger charge is -2.12. The Balaban J connectivity index is 2.71. The van der Waals surface area contributed by atoms with Gasteiger partial charge in [-0.3, -0.25) is 0 Å². The van der Waals surface area contributed by atoms with Crippen molar-refractivity contribution in [2.45, 2.75) is 13.3 Å². The van der Waals surface area contributed by atoms with Crippen molar-refractivity contribution in [2.24, 2.45) is 0 Å². The van der Waals surface area contributed by atoms with Gasteiger partial charge in [-0.2, -0.15) is 0 Å². The highest BCUT2D eigenvalue weighted by Gasteiger charge is 2.21. The molecule has 0 radical (unpaired) electrons. The zero-order valence-electron chi connectivity index (χ0n) is 10.0. The molecule has 96 valence electrons. The number of aromatic hydroxyl groups is 1. The van der Waals surface area contributed by atoms with Crippen LogP contribution >= 0.6 is 11.6 Å². The van der Waals surface area contributed by atoms with Crippen LogP contribution in [0.15, 0.2) is 16.7 Å². The number of halogens is 1. The van der Waals surface area contributed by atoms with Crippen LogP contribution in [0.1, 0.15) is 12.5 Å². The number of phenols is 1. The first-order valence-electron chi connectivity index (χ1n) is 5.39. The number of nitrogens with zero attached hydrogens (tertiary/aromatic N) is 1. The van der Waals surface area contributed by atoms with Crippen molar-refractivity contribution in [3.8, 4) is 22.8 Å². The molecule has 0 aliphatic heterocycles. The first-order valence-corrected chi connectivity index (χ1v) is 5.77. The number of benzene rings is 1. The lowest BCUT2D eigenvalue weighted by molar-refractivity contribution is 0.371. The number of anilines is 1. The number of nitrogens with two attached hydrogens (primary N) is 1. The molecule has 1 heterocycles. The molecule has 0 aliphatic rings. The van der Waals surface area contributed by atoms with Gasteiger partial charge in [0.05, 0.1) is 17.7 Å². The third-order valence-corrected chi connectivity index (χ3v) is 3.08. The van der Waals surface area contributed by atoms with Crippen molar-refractivity contribution in [3.05, 3.63) is 22.7 Å². The maximum absolute atomic E-state index is 10.1. The van der Waals surface area contributed by atoms with Crippen molar-refractivity contribution >= 4 is 17.4 Å². The Morgan fingerprint density at radius 1 is 1.50 bits per heavy atom. The number of methoxy groups -OCH3 is 1. The van der Waals surface area contributed by atoms with E-state index in [0.717, 1.165) is 5.56 Å². The van der Waals surface area contributed by atoms with Crippen LogP contribution in [-0.4, -0.2) is 17.4 Å². The molecule has 6 heteroatoms. The van der Waals surface area contributed by atoms with Crippen molar-refractivity contribution < 1.29 is 14.4 Å². The molecule has 5 nitrogen and oxygen atoms in total. The maximum atomic E-state index is 10.1. The molecule has 18 heavy (non-hydrogen) atoms. The molecule has 0 fully saturated rings. The molecule has 0 atom stereocenters. The minimum Gasteiger partial charge on any atom is -0.504 e. The second-order valence-corrected chi connectivity index (χ2v) is 4.12. The number of phenolic OH excluding ortho intramolecular Hbond substituents is 1. The number of hydrogen-bond acceptors (Lipinski definition) is 5. The van der Waals surface area contributed by atoms with Gasteiger partial charge in [0.15, 0.2) is 23.1 Å². The van der Waals surface area contributed by atoms with Crippen molar-refractivity contribution in [1.29, 1.82) is 0 Å². The molecule has 0 saturated heterocycles. The molecule has 0 bridgehead atoms. The summed E-state index contributed by atoms with van der Waals surface area (Å²) in [6.07, 6.45) is 0.700. The number of ether oxygens (including phenoxy) is 1. The fraction of sp³-hybridized carbons (Fsp3) is 0.250. The fourth-order valence-corrected chi connectivity index (χ4v) is 2.09. The van der Waals surface area contributed by atoms with Crippen LogP contribution in [0.3, 0.4) is 0 Å². The summed E-state index contributed by atoms with van der Waals surface area (Å²) in [5, 5.41) is 14.1. The van der Waals surface area contributed by atoms with Crippen LogP contribution in [0, 0.1) is 0 Å². The van der Waals surface area contributed by atoms with Crippen LogP contribution < -0.4 is 10.5 Å². The van der Waals surface area contributed by atoms with E-state index in [2.05, 4.69) is 5.16 Å². The quantitative estimate of drug-likeness (QED) is 0.894. The molecule has 0 aliphatic carbocycles. The predicted molar refractivity (Wildman–Crippen MR) is 69.0 cm³/mol. The van der Waals surface area contributed by atoms with Gasteiger partial charge in [-0.05, 0) is 18.1 Å². The molecule has 0 spiro atoms. The van der Waals surface area contributed by atoms with Crippen LogP contribution in [-0.2, 0) is 6.42 Å². The third-order valence-electron chi connectivity index (χ3n) is 2.65. The Labute approximate surface area is 109 Å². The lowest BCUT2D eigenvalue weighted by atomic mass is 10.0. The third kappa shape index (κ3) is 1.97. The van der Waals surface area contributed by atoms with Crippen molar-refractivity contribution in [1.82, 2.24) is 5.16 Å². The number of hydrogen-bond donors (Lipinski definition) is 2. The summed E-state index contributed by atoms with van der Waals surface area (Å²) in [6, 6.07) is 3.20. The monoisotopic (exact) mass is 268 g/mol. The van der Waals surface area contributed by atoms with E-state index in [1.54, 1.807) is 6.07 Å². The van der Waals surface area contributed by atoms with E-state index in [9.17, 15) is 5.11 Å². The highest BCUT2D eigenvalue weighted by atomic mass is 35.5. The van der Waals surface area contributed by atoms with Crippen LogP contribution in [0.4, 0.5) is 5.82 Å². The van der Waals surface area contributed by atoms with Gasteiger partial charge in [-0.1, -0.05) is 23.7 Å². The first kappa shape index (κ1) is 12.6. The van der Waals surface area contributed by atoms with E-state index in [1.807, 2.05) is 6.92 Å². The second kappa shape index (κ2) is 4.78. The number of nitrogen functional groups attached to an aromatic ring is 1. The molecular formula is C12H13ClN2O3. The Morgan fingerprint density at radius 2 is 2.22 bits per heavy atom. The highest BCUT2D eigenvalue weighted by molar-refractivity contribution is 6.34. The van der Waals surface area contributed by atoms with E-state index in [4.69, 9.17) is 26.6 Å². The Bertz CT molecular complexity index is 553. The molecule has 0 amide bonds. The summed E-state index contributed by atoms with van der Waals surface area (Å²) >= 11 is 6.24. The minimum atomic E-state index is -0.0872. The summed E-state index contributed by atoms with van der Waals surface area (Å²) in [6.45, 7) is 1.95. The SMILES string of the molecule is CCc1cc(OC)c(O)c(-c2cc(N)no2)c1Cl. The summed E-state index contributed by atoms with van der Waals surface area (Å²) < 4.78 is 10.1. The molecular weight excluding hydrogens is 256 g/mol. The molecule has 1 aromatic carbocycles. The second-order valence-electron chi connectivity index (χ2n) is 3.75. The lowest BCUT2D eigenvalue weighted by Crippen LogP contribution is -1.92. The Hall–Kier alpha value is -1.88. The van der Waals surface area contributed by atoms with Crippen molar-refractivity contribution in [2.75, 3.05) is 12.8 Å². The van der Waals surface area contributed by atoms with Crippen LogP contribution in [0.5, 0.6) is 11.5 Å². The van der Waals surface area contributed by atoms with E-state index in [0.29, 0.717) is 28.5 Å². The first-order chi connectivity index (χ1) is 8.58. The molecule has 2 rings (SSSR count). The smallest absolute Gasteiger partial charge is 0.174 e. The largest absolute Gasteiger partial charge is 0.504 e. The standard InChI is InChI=1S/C12H13ClN2O3/c1-3-6-4-8(17-2)12(16)10(11(6)13)7-5-9(14)15-18-7/h4-5,16H,3H2,1-2H3,(H2,14,15). The van der Waals surface area contributed by atoms with Gasteiger partial charge in [-0.15, -0.1) is 0 Å². The fourth-order valence-electron chi connectivity index (χ4n) is 1.72. The van der Waals surface area contributed by atoms with Gasteiger partial charge >= 0.3 is 0 Å². The number of aryl methyl sites for hydroxylation is 1. The molecule has 2 aromatic rings. The average Bonchev–Trinajstić information content (AvgIpc) is 2.76. The van der Waals surface area contributed by atoms with E-state index >= 15 is 0 Å². The zero-order chi connectivity index (χ0) is 13.3. The van der Waals surface area contributed by atoms with Gasteiger partial charge in [-0.25, -0.2) is 0 Å². The van der Waals surface area contributed by atoms with E-state index in [-0.39, 0.29) is 11.6 Å². The molecule has 3 N–H and O–H groups in total. The van der Waals surface area contributed by atoms with Crippen molar-refractivity contribution in [3.63, 3.8) is 0 Å². The highest BCUT2D eigenvalue weighted by Crippen LogP contribution is 2.44. The minimum absolute atomic E-state index is 0.0872. The molecule has 0 unspecified atom stereocenters. The molecule has 1 aromatic heterocycles. The number of rotatable bonds is 3. The molecule has 0 saturated carbocycles. The zero-order valence-corrected chi connectivity index (χ0v) is 10.8. The topological polar surface area (TPSA) is 81.5 Å². The summed E-state index contributed by atoms with van der Waals surface area (Å²) in [5.41, 5.74) is 6.68. The van der Waals surface area contributed by atoms with E-state index in [1.165, 1.54) is 13.2 Å². The summed E-state index contributed by atoms with van der Waals surface area (Å²) in [4.78, 5) is 0. The maximum Gasteiger partial charge on any atom is 0.174 e. The normalized spacial score (nSPS) is 10.6. The van der Waals surface area contributed by atoms with Gasteiger partial charge in [0.1, 0.15) is 0 Å². The van der Waals surface area contributed by atoms with Crippen LogP contribution in [0.2, 0.25) is 5.02 Å². The Kier molecular flexibility index (Phi) is 3.34. The summed E-state index contributed by atoms with van der Waals surface area (Å²) in [5.74, 6) is 0.780. The summed E-state index contributed by atoms with van der Waals surface area (Å²) in [7, 11) is 1.47. The van der Waals surface area contributed by atoms with Gasteiger partial charge in [0.2, 0.25) is 0 Å². The predicted octanol–water partition coefficient (Wildman–Crippen LogP) is 2.85. The Morgan fingerprint density at radius 3 is 2.72 bits per heavy atom.